The smallest absolute Gasteiger partial charge is 0.361 e. The zero-order valence-electron chi connectivity index (χ0n) is 16.3. The predicted octanol–water partition coefficient (Wildman–Crippen LogP) is 2.33. The monoisotopic (exact) mass is 449 g/mol. The maximum Gasteiger partial charge on any atom is 0.511 e. The van der Waals surface area contributed by atoms with Crippen LogP contribution >= 0.6 is 0 Å². The van der Waals surface area contributed by atoms with Crippen molar-refractivity contribution in [3.63, 3.8) is 0 Å². The number of nitrogens with one attached hydrogen (secondary N) is 3. The molecule has 0 unspecified atom stereocenters. The van der Waals surface area contributed by atoms with Crippen LogP contribution in [-0.4, -0.2) is 61.9 Å². The molecule has 0 aliphatic carbocycles. The minimum atomic E-state index is -5.29. The van der Waals surface area contributed by atoms with Crippen molar-refractivity contribution in [2.75, 3.05) is 26.7 Å². The van der Waals surface area contributed by atoms with E-state index < -0.39 is 15.5 Å². The van der Waals surface area contributed by atoms with Gasteiger partial charge < -0.3 is 15.6 Å². The van der Waals surface area contributed by atoms with Gasteiger partial charge in [0.15, 0.2) is 5.96 Å². The van der Waals surface area contributed by atoms with Gasteiger partial charge in [-0.1, -0.05) is 0 Å². The van der Waals surface area contributed by atoms with Crippen molar-refractivity contribution in [2.45, 2.75) is 30.8 Å². The van der Waals surface area contributed by atoms with Crippen molar-refractivity contribution in [3.8, 4) is 0 Å². The molecule has 1 fully saturated rings. The summed E-state index contributed by atoms with van der Waals surface area (Å²) in [5.41, 5.74) is -3.50. The maximum absolute atomic E-state index is 13.5. The van der Waals surface area contributed by atoms with E-state index in [1.54, 1.807) is 13.1 Å². The molecule has 0 spiro atoms. The van der Waals surface area contributed by atoms with E-state index in [2.05, 4.69) is 20.6 Å². The summed E-state index contributed by atoms with van der Waals surface area (Å²) in [7, 11) is -3.72. The molecule has 30 heavy (non-hydrogen) atoms. The molecule has 166 valence electrons. The molecular formula is C18H23F4N5O2S. The van der Waals surface area contributed by atoms with Crippen LogP contribution in [0, 0.1) is 5.82 Å². The zero-order chi connectivity index (χ0) is 21.9. The van der Waals surface area contributed by atoms with Gasteiger partial charge in [0, 0.05) is 49.8 Å². The molecule has 12 heteroatoms. The Bertz CT molecular complexity index is 1010. The molecule has 1 saturated heterocycles. The molecule has 2 heterocycles. The zero-order valence-corrected chi connectivity index (χ0v) is 17.1. The van der Waals surface area contributed by atoms with E-state index in [0.29, 0.717) is 23.2 Å². The lowest BCUT2D eigenvalue weighted by Gasteiger charge is -2.32. The number of fused-ring (bicyclic) bond motifs is 1. The van der Waals surface area contributed by atoms with Crippen LogP contribution in [0.5, 0.6) is 0 Å². The van der Waals surface area contributed by atoms with E-state index in [1.165, 1.54) is 12.1 Å². The van der Waals surface area contributed by atoms with Crippen molar-refractivity contribution in [3.05, 3.63) is 35.8 Å². The number of hydrogen-bond donors (Lipinski definition) is 3. The number of H-pyrrole nitrogens is 1. The molecule has 3 rings (SSSR count). The minimum Gasteiger partial charge on any atom is -0.361 e. The quantitative estimate of drug-likeness (QED) is 0.371. The van der Waals surface area contributed by atoms with Crippen molar-refractivity contribution in [1.82, 2.24) is 19.9 Å². The number of sulfonamides is 1. The summed E-state index contributed by atoms with van der Waals surface area (Å²) in [6.45, 7) is 0.0826. The highest BCUT2D eigenvalue weighted by Crippen LogP contribution is 2.29. The predicted molar refractivity (Wildman–Crippen MR) is 106 cm³/mol. The van der Waals surface area contributed by atoms with Gasteiger partial charge >= 0.3 is 15.5 Å². The molecule has 7 nitrogen and oxygen atoms in total. The highest BCUT2D eigenvalue weighted by Gasteiger charge is 2.50. The van der Waals surface area contributed by atoms with Gasteiger partial charge in [-0.2, -0.15) is 17.5 Å². The number of benzene rings is 1. The summed E-state index contributed by atoms with van der Waals surface area (Å²) in [4.78, 5) is 7.19. The first kappa shape index (κ1) is 22.3. The number of aliphatic imine (C=N–C) groups is 1. The first-order valence-electron chi connectivity index (χ1n) is 9.41. The second-order valence-corrected chi connectivity index (χ2v) is 8.95. The number of halogens is 4. The van der Waals surface area contributed by atoms with Gasteiger partial charge in [0.05, 0.1) is 0 Å². The molecule has 0 radical (unpaired) electrons. The standard InChI is InChI=1S/C18H23F4N5O2S/c1-23-17(24-7-4-12-11-25-16-3-2-13(19)10-15(12)16)26-14-5-8-27(9-6-14)30(28,29)18(20,21)22/h2-3,10-11,14,25H,4-9H2,1H3,(H2,23,24,26). The maximum atomic E-state index is 13.5. The molecule has 2 aromatic rings. The molecule has 0 atom stereocenters. The van der Waals surface area contributed by atoms with Crippen LogP contribution in [0.25, 0.3) is 10.9 Å². The molecule has 1 aromatic carbocycles. The van der Waals surface area contributed by atoms with Gasteiger partial charge in [0.2, 0.25) is 0 Å². The van der Waals surface area contributed by atoms with Crippen LogP contribution < -0.4 is 10.6 Å². The third kappa shape index (κ3) is 4.86. The topological polar surface area (TPSA) is 89.6 Å². The van der Waals surface area contributed by atoms with Crippen LogP contribution in [0.4, 0.5) is 17.6 Å². The van der Waals surface area contributed by atoms with Crippen molar-refractivity contribution < 1.29 is 26.0 Å². The molecule has 3 N–H and O–H groups in total. The van der Waals surface area contributed by atoms with Gasteiger partial charge in [-0.15, -0.1) is 0 Å². The number of piperidine rings is 1. The average molecular weight is 449 g/mol. The van der Waals surface area contributed by atoms with Gasteiger partial charge in [-0.05, 0) is 43.0 Å². The molecule has 0 amide bonds. The third-order valence-electron chi connectivity index (χ3n) is 5.07. The van der Waals surface area contributed by atoms with E-state index in [9.17, 15) is 26.0 Å². The molecule has 0 bridgehead atoms. The summed E-state index contributed by atoms with van der Waals surface area (Å²) in [6.07, 6.45) is 2.89. The number of hydrogen-bond acceptors (Lipinski definition) is 3. The van der Waals surface area contributed by atoms with Crippen LogP contribution in [0.3, 0.4) is 0 Å². The first-order chi connectivity index (χ1) is 14.1. The summed E-state index contributed by atoms with van der Waals surface area (Å²) in [5.74, 6) is 0.158. The van der Waals surface area contributed by atoms with E-state index >= 15 is 0 Å². The fraction of sp³-hybridized carbons (Fsp3) is 0.500. The Labute approximate surface area is 171 Å². The highest BCUT2D eigenvalue weighted by atomic mass is 32.2. The lowest BCUT2D eigenvalue weighted by molar-refractivity contribution is -0.0494. The number of rotatable bonds is 5. The molecular weight excluding hydrogens is 426 g/mol. The highest BCUT2D eigenvalue weighted by molar-refractivity contribution is 7.90. The second-order valence-electron chi connectivity index (χ2n) is 7.02. The van der Waals surface area contributed by atoms with Gasteiger partial charge in [0.1, 0.15) is 5.82 Å². The van der Waals surface area contributed by atoms with Crippen LogP contribution in [0.1, 0.15) is 18.4 Å². The Hall–Kier alpha value is -2.34. The van der Waals surface area contributed by atoms with Crippen LogP contribution in [0.15, 0.2) is 29.4 Å². The fourth-order valence-electron chi connectivity index (χ4n) is 3.45. The largest absolute Gasteiger partial charge is 0.511 e. The summed E-state index contributed by atoms with van der Waals surface area (Å²) < 4.78 is 74.9. The lowest BCUT2D eigenvalue weighted by atomic mass is 10.1. The van der Waals surface area contributed by atoms with Crippen LogP contribution in [0.2, 0.25) is 0 Å². The normalized spacial score (nSPS) is 17.4. The second kappa shape index (κ2) is 8.80. The Kier molecular flexibility index (Phi) is 6.56. The van der Waals surface area contributed by atoms with Gasteiger partial charge in [-0.3, -0.25) is 4.99 Å². The van der Waals surface area contributed by atoms with E-state index in [4.69, 9.17) is 0 Å². The average Bonchev–Trinajstić information content (AvgIpc) is 3.09. The van der Waals surface area contributed by atoms with Crippen molar-refractivity contribution >= 4 is 26.9 Å². The molecule has 1 aromatic heterocycles. The Morgan fingerprint density at radius 3 is 2.63 bits per heavy atom. The van der Waals surface area contributed by atoms with E-state index in [1.807, 2.05) is 6.20 Å². The first-order valence-corrected chi connectivity index (χ1v) is 10.8. The summed E-state index contributed by atoms with van der Waals surface area (Å²) in [5, 5.41) is 7.03. The molecule has 0 saturated carbocycles. The number of aromatic amines is 1. The number of alkyl halides is 3. The summed E-state index contributed by atoms with van der Waals surface area (Å²) >= 11 is 0. The van der Waals surface area contributed by atoms with Crippen molar-refractivity contribution in [2.24, 2.45) is 4.99 Å². The number of guanidine groups is 1. The third-order valence-corrected chi connectivity index (χ3v) is 6.70. The number of aromatic nitrogens is 1. The minimum absolute atomic E-state index is 0.196. The van der Waals surface area contributed by atoms with Gasteiger partial charge in [0.25, 0.3) is 0 Å². The van der Waals surface area contributed by atoms with Crippen LogP contribution in [-0.2, 0) is 16.4 Å². The Balaban J connectivity index is 1.49. The van der Waals surface area contributed by atoms with Crippen molar-refractivity contribution in [1.29, 1.82) is 0 Å². The van der Waals surface area contributed by atoms with Gasteiger partial charge in [-0.25, -0.2) is 12.8 Å². The lowest BCUT2D eigenvalue weighted by Crippen LogP contribution is -2.51. The molecule has 1 aliphatic heterocycles. The molecule has 1 aliphatic rings. The fourth-order valence-corrected chi connectivity index (χ4v) is 4.43. The van der Waals surface area contributed by atoms with E-state index in [0.717, 1.165) is 16.5 Å². The Morgan fingerprint density at radius 1 is 1.30 bits per heavy atom. The number of nitrogens with zero attached hydrogens (tertiary/aromatic N) is 2. The van der Waals surface area contributed by atoms with E-state index in [-0.39, 0.29) is 37.8 Å². The SMILES string of the molecule is CN=C(NCCc1c[nH]c2ccc(F)cc12)NC1CCN(S(=O)(=O)C(F)(F)F)CC1. The summed E-state index contributed by atoms with van der Waals surface area (Å²) in [6, 6.07) is 4.33. The Morgan fingerprint density at radius 2 is 2.00 bits per heavy atom.